The maximum atomic E-state index is 11.7. The van der Waals surface area contributed by atoms with Crippen LogP contribution in [0, 0.1) is 0 Å². The molecule has 3 rings (SSSR count). The zero-order valence-corrected chi connectivity index (χ0v) is 15.1. The molecule has 0 saturated heterocycles. The topological polar surface area (TPSA) is 74.0 Å². The molecule has 0 amide bonds. The minimum Gasteiger partial charge on any atom is -0.490 e. The van der Waals surface area contributed by atoms with Gasteiger partial charge in [-0.1, -0.05) is 18.2 Å². The predicted octanol–water partition coefficient (Wildman–Crippen LogP) is 3.09. The third kappa shape index (κ3) is 3.75. The average Bonchev–Trinajstić information content (AvgIpc) is 2.67. The highest BCUT2D eigenvalue weighted by Gasteiger charge is 2.22. The van der Waals surface area contributed by atoms with Crippen LogP contribution in [-0.4, -0.2) is 39.9 Å². The minimum atomic E-state index is -0.267. The van der Waals surface area contributed by atoms with Crippen LogP contribution in [0.25, 0.3) is 0 Å². The van der Waals surface area contributed by atoms with Crippen LogP contribution in [-0.2, 0) is 14.3 Å². The van der Waals surface area contributed by atoms with Gasteiger partial charge in [0.25, 0.3) is 0 Å². The first-order valence-electron chi connectivity index (χ1n) is 8.58. The monoisotopic (exact) mass is 356 g/mol. The number of hydrogen-bond acceptors (Lipinski definition) is 6. The number of ether oxygens (including phenoxy) is 3. The number of nitrogens with two attached hydrogens (primary N) is 1. The van der Waals surface area contributed by atoms with Gasteiger partial charge in [-0.2, -0.15) is 0 Å². The summed E-state index contributed by atoms with van der Waals surface area (Å²) in [6.45, 7) is 1.76. The standard InChI is InChI=1S/C20H24N2O4/c1-24-13-15(12-20(23)25-2)14-7-8-17(16(21)11-14)22-9-10-26-19-6-4-3-5-18(19)22/h3-8,11,15H,9-10,12-13,21H2,1-2H3/t15-/m1/s1. The molecule has 0 unspecified atom stereocenters. The van der Waals surface area contributed by atoms with Crippen molar-refractivity contribution in [1.82, 2.24) is 0 Å². The maximum Gasteiger partial charge on any atom is 0.306 e. The summed E-state index contributed by atoms with van der Waals surface area (Å²) in [5, 5.41) is 0. The molecule has 1 atom stereocenters. The number of benzene rings is 2. The molecule has 138 valence electrons. The highest BCUT2D eigenvalue weighted by atomic mass is 16.5. The van der Waals surface area contributed by atoms with Gasteiger partial charge < -0.3 is 24.8 Å². The molecule has 0 aromatic heterocycles. The Morgan fingerprint density at radius 3 is 2.77 bits per heavy atom. The minimum absolute atomic E-state index is 0.0965. The Morgan fingerprint density at radius 1 is 1.23 bits per heavy atom. The van der Waals surface area contributed by atoms with Crippen LogP contribution >= 0.6 is 0 Å². The number of esters is 1. The largest absolute Gasteiger partial charge is 0.490 e. The van der Waals surface area contributed by atoms with Crippen LogP contribution in [0.15, 0.2) is 42.5 Å². The molecular weight excluding hydrogens is 332 g/mol. The van der Waals surface area contributed by atoms with Gasteiger partial charge in [0.05, 0.1) is 43.7 Å². The first-order chi connectivity index (χ1) is 12.6. The van der Waals surface area contributed by atoms with Crippen molar-refractivity contribution in [2.45, 2.75) is 12.3 Å². The van der Waals surface area contributed by atoms with Gasteiger partial charge in [-0.3, -0.25) is 4.79 Å². The molecule has 2 aromatic carbocycles. The highest BCUT2D eigenvalue weighted by Crippen LogP contribution is 2.39. The van der Waals surface area contributed by atoms with E-state index in [0.717, 1.165) is 29.2 Å². The van der Waals surface area contributed by atoms with Crippen LogP contribution in [0.5, 0.6) is 5.75 Å². The van der Waals surface area contributed by atoms with E-state index in [1.807, 2.05) is 42.5 Å². The van der Waals surface area contributed by atoms with Gasteiger partial charge in [-0.15, -0.1) is 0 Å². The number of anilines is 3. The third-order valence-electron chi connectivity index (χ3n) is 4.55. The fourth-order valence-electron chi connectivity index (χ4n) is 3.25. The van der Waals surface area contributed by atoms with Gasteiger partial charge in [-0.25, -0.2) is 0 Å². The van der Waals surface area contributed by atoms with Crippen molar-refractivity contribution in [3.63, 3.8) is 0 Å². The van der Waals surface area contributed by atoms with E-state index in [9.17, 15) is 4.79 Å². The lowest BCUT2D eigenvalue weighted by molar-refractivity contribution is -0.141. The van der Waals surface area contributed by atoms with E-state index < -0.39 is 0 Å². The summed E-state index contributed by atoms with van der Waals surface area (Å²) < 4.78 is 15.8. The van der Waals surface area contributed by atoms with Gasteiger partial charge >= 0.3 is 5.97 Å². The lowest BCUT2D eigenvalue weighted by atomic mass is 9.95. The first-order valence-corrected chi connectivity index (χ1v) is 8.58. The van der Waals surface area contributed by atoms with Crippen LogP contribution in [0.2, 0.25) is 0 Å². The summed E-state index contributed by atoms with van der Waals surface area (Å²) in [5.74, 6) is 0.489. The molecule has 6 nitrogen and oxygen atoms in total. The van der Waals surface area contributed by atoms with Gasteiger partial charge in [-0.05, 0) is 29.8 Å². The fraction of sp³-hybridized carbons (Fsp3) is 0.350. The predicted molar refractivity (Wildman–Crippen MR) is 101 cm³/mol. The zero-order valence-electron chi connectivity index (χ0n) is 15.1. The second-order valence-electron chi connectivity index (χ2n) is 6.22. The van der Waals surface area contributed by atoms with Gasteiger partial charge in [0.1, 0.15) is 12.4 Å². The van der Waals surface area contributed by atoms with Crippen molar-refractivity contribution in [2.75, 3.05) is 44.6 Å². The van der Waals surface area contributed by atoms with Crippen LogP contribution < -0.4 is 15.4 Å². The van der Waals surface area contributed by atoms with Gasteiger partial charge in [0.15, 0.2) is 0 Å². The summed E-state index contributed by atoms with van der Waals surface area (Å²) in [7, 11) is 3.01. The number of carbonyl (C=O) groups is 1. The Labute approximate surface area is 153 Å². The van der Waals surface area contributed by atoms with E-state index in [0.29, 0.717) is 18.9 Å². The van der Waals surface area contributed by atoms with Crippen LogP contribution in [0.4, 0.5) is 17.1 Å². The molecule has 0 spiro atoms. The summed E-state index contributed by atoms with van der Waals surface area (Å²) in [6.07, 6.45) is 0.253. The van der Waals surface area contributed by atoms with Crippen molar-refractivity contribution in [1.29, 1.82) is 0 Å². The molecule has 0 radical (unpaired) electrons. The molecular formula is C20H24N2O4. The molecule has 1 aliphatic heterocycles. The van der Waals surface area contributed by atoms with Crippen LogP contribution in [0.3, 0.4) is 0 Å². The zero-order chi connectivity index (χ0) is 18.5. The molecule has 2 aromatic rings. The van der Waals surface area contributed by atoms with E-state index in [1.165, 1.54) is 7.11 Å². The van der Waals surface area contributed by atoms with Crippen molar-refractivity contribution >= 4 is 23.0 Å². The number of carbonyl (C=O) groups excluding carboxylic acids is 1. The first kappa shape index (κ1) is 18.1. The maximum absolute atomic E-state index is 11.7. The summed E-state index contributed by atoms with van der Waals surface area (Å²) in [6, 6.07) is 13.8. The molecule has 0 fully saturated rings. The highest BCUT2D eigenvalue weighted by molar-refractivity contribution is 5.79. The number of para-hydroxylation sites is 2. The number of hydrogen-bond donors (Lipinski definition) is 1. The third-order valence-corrected chi connectivity index (χ3v) is 4.55. The number of nitrogen functional groups attached to an aromatic ring is 1. The number of fused-ring (bicyclic) bond motifs is 1. The summed E-state index contributed by atoms with van der Waals surface area (Å²) in [4.78, 5) is 13.8. The molecule has 0 saturated carbocycles. The molecule has 1 heterocycles. The van der Waals surface area contributed by atoms with Gasteiger partial charge in [0.2, 0.25) is 0 Å². The second-order valence-corrected chi connectivity index (χ2v) is 6.22. The normalized spacial score (nSPS) is 14.3. The second kappa shape index (κ2) is 8.10. The van der Waals surface area contributed by atoms with E-state index in [-0.39, 0.29) is 18.3 Å². The van der Waals surface area contributed by atoms with E-state index in [1.54, 1.807) is 7.11 Å². The Bertz CT molecular complexity index is 778. The SMILES string of the molecule is COC[C@@H](CC(=O)OC)c1ccc(N2CCOc3ccccc32)c(N)c1. The van der Waals surface area contributed by atoms with Gasteiger partial charge in [0, 0.05) is 13.0 Å². The molecule has 26 heavy (non-hydrogen) atoms. The van der Waals surface area contributed by atoms with Crippen molar-refractivity contribution in [3.05, 3.63) is 48.0 Å². The van der Waals surface area contributed by atoms with E-state index >= 15 is 0 Å². The quantitative estimate of drug-likeness (QED) is 0.633. The Balaban J connectivity index is 1.89. The summed E-state index contributed by atoms with van der Waals surface area (Å²) in [5.41, 5.74) is 9.91. The number of methoxy groups -OCH3 is 2. The lowest BCUT2D eigenvalue weighted by Crippen LogP contribution is -2.29. The van der Waals surface area contributed by atoms with Crippen LogP contribution in [0.1, 0.15) is 17.9 Å². The Kier molecular flexibility index (Phi) is 5.63. The van der Waals surface area contributed by atoms with Crippen molar-refractivity contribution in [3.8, 4) is 5.75 Å². The molecule has 0 aliphatic carbocycles. The van der Waals surface area contributed by atoms with E-state index in [2.05, 4.69) is 4.90 Å². The smallest absolute Gasteiger partial charge is 0.306 e. The molecule has 1 aliphatic rings. The molecule has 6 heteroatoms. The Hall–Kier alpha value is -2.73. The number of rotatable bonds is 6. The molecule has 2 N–H and O–H groups in total. The van der Waals surface area contributed by atoms with E-state index in [4.69, 9.17) is 19.9 Å². The average molecular weight is 356 g/mol. The van der Waals surface area contributed by atoms with Crippen molar-refractivity contribution < 1.29 is 19.0 Å². The Morgan fingerprint density at radius 2 is 2.04 bits per heavy atom. The summed E-state index contributed by atoms with van der Waals surface area (Å²) >= 11 is 0. The van der Waals surface area contributed by atoms with Crippen molar-refractivity contribution in [2.24, 2.45) is 0 Å². The number of nitrogens with zero attached hydrogens (tertiary/aromatic N) is 1. The molecule has 0 bridgehead atoms. The lowest BCUT2D eigenvalue weighted by Gasteiger charge is -2.32. The fourth-order valence-corrected chi connectivity index (χ4v) is 3.25.